The minimum atomic E-state index is 0.276. The van der Waals surface area contributed by atoms with Crippen molar-refractivity contribution in [3.05, 3.63) is 36.8 Å². The smallest absolute Gasteiger partial charge is 0.137 e. The van der Waals surface area contributed by atoms with Crippen LogP contribution in [0, 0.1) is 0 Å². The Morgan fingerprint density at radius 3 is 3.06 bits per heavy atom. The van der Waals surface area contributed by atoms with Gasteiger partial charge in [0.25, 0.3) is 0 Å². The van der Waals surface area contributed by atoms with Gasteiger partial charge in [0.2, 0.25) is 0 Å². The Labute approximate surface area is 94.7 Å². The van der Waals surface area contributed by atoms with Gasteiger partial charge in [-0.15, -0.1) is 0 Å². The Morgan fingerprint density at radius 1 is 1.56 bits per heavy atom. The van der Waals surface area contributed by atoms with E-state index in [1.54, 1.807) is 18.9 Å². The van der Waals surface area contributed by atoms with E-state index in [4.69, 9.17) is 4.42 Å². The lowest BCUT2D eigenvalue weighted by Gasteiger charge is -2.22. The molecule has 0 aliphatic heterocycles. The van der Waals surface area contributed by atoms with Crippen molar-refractivity contribution < 1.29 is 4.42 Å². The largest absolute Gasteiger partial charge is 0.468 e. The summed E-state index contributed by atoms with van der Waals surface area (Å²) in [6, 6.07) is 4.19. The maximum atomic E-state index is 5.38. The molecule has 5 heteroatoms. The van der Waals surface area contributed by atoms with Crippen LogP contribution >= 0.6 is 0 Å². The van der Waals surface area contributed by atoms with E-state index in [1.807, 2.05) is 16.8 Å². The fourth-order valence-corrected chi connectivity index (χ4v) is 1.55. The van der Waals surface area contributed by atoms with Crippen LogP contribution < -0.4 is 0 Å². The van der Waals surface area contributed by atoms with Crippen molar-refractivity contribution >= 4 is 0 Å². The van der Waals surface area contributed by atoms with Crippen LogP contribution in [0.3, 0.4) is 0 Å². The van der Waals surface area contributed by atoms with Gasteiger partial charge in [-0.05, 0) is 26.1 Å². The van der Waals surface area contributed by atoms with E-state index in [9.17, 15) is 0 Å². The molecule has 5 nitrogen and oxygen atoms in total. The lowest BCUT2D eigenvalue weighted by Crippen LogP contribution is -2.26. The molecule has 0 unspecified atom stereocenters. The van der Waals surface area contributed by atoms with Gasteiger partial charge in [-0.2, -0.15) is 5.10 Å². The lowest BCUT2D eigenvalue weighted by molar-refractivity contribution is 0.220. The Balaban J connectivity index is 1.86. The first kappa shape index (κ1) is 10.9. The molecule has 0 saturated carbocycles. The zero-order valence-electron chi connectivity index (χ0n) is 9.58. The third kappa shape index (κ3) is 2.49. The summed E-state index contributed by atoms with van der Waals surface area (Å²) in [4.78, 5) is 6.13. The summed E-state index contributed by atoms with van der Waals surface area (Å²) in [6.45, 7) is 3.87. The molecule has 16 heavy (non-hydrogen) atoms. The molecule has 2 rings (SSSR count). The third-order valence-electron chi connectivity index (χ3n) is 2.76. The zero-order valence-corrected chi connectivity index (χ0v) is 9.58. The van der Waals surface area contributed by atoms with Crippen molar-refractivity contribution in [1.29, 1.82) is 0 Å². The van der Waals surface area contributed by atoms with Gasteiger partial charge in [0.15, 0.2) is 0 Å². The van der Waals surface area contributed by atoms with E-state index in [-0.39, 0.29) is 6.04 Å². The van der Waals surface area contributed by atoms with Gasteiger partial charge in [0.1, 0.15) is 18.4 Å². The maximum absolute atomic E-state index is 5.38. The molecule has 2 heterocycles. The zero-order chi connectivity index (χ0) is 11.4. The maximum Gasteiger partial charge on any atom is 0.137 e. The van der Waals surface area contributed by atoms with Crippen LogP contribution in [0.4, 0.5) is 0 Å². The number of likely N-dealkylation sites (N-methyl/N-ethyl adjacent to an activating group) is 1. The minimum absolute atomic E-state index is 0.276. The molecular formula is C11H16N4O. The number of rotatable bonds is 5. The molecule has 0 bridgehead atoms. The number of hydrogen-bond acceptors (Lipinski definition) is 4. The highest BCUT2D eigenvalue weighted by atomic mass is 16.3. The molecule has 0 spiro atoms. The van der Waals surface area contributed by atoms with E-state index in [1.165, 1.54) is 0 Å². The second-order valence-corrected chi connectivity index (χ2v) is 3.83. The number of nitrogens with zero attached hydrogens (tertiary/aromatic N) is 4. The van der Waals surface area contributed by atoms with E-state index in [2.05, 4.69) is 29.0 Å². The van der Waals surface area contributed by atoms with Crippen LogP contribution in [0.25, 0.3) is 0 Å². The summed E-state index contributed by atoms with van der Waals surface area (Å²) in [5.41, 5.74) is 0. The molecule has 0 amide bonds. The molecule has 0 fully saturated rings. The second-order valence-electron chi connectivity index (χ2n) is 3.83. The quantitative estimate of drug-likeness (QED) is 0.767. The topological polar surface area (TPSA) is 47.1 Å². The molecule has 0 saturated heterocycles. The summed E-state index contributed by atoms with van der Waals surface area (Å²) in [5.74, 6) is 0.987. The average molecular weight is 220 g/mol. The van der Waals surface area contributed by atoms with Crippen molar-refractivity contribution in [3.63, 3.8) is 0 Å². The standard InChI is InChI=1S/C11H16N4O/c1-10(11-4-3-7-16-11)14(2)5-6-15-9-12-8-13-15/h3-4,7-10H,5-6H2,1-2H3/t10-/m0/s1. The van der Waals surface area contributed by atoms with Gasteiger partial charge in [-0.25, -0.2) is 4.98 Å². The predicted molar refractivity (Wildman–Crippen MR) is 59.8 cm³/mol. The summed E-state index contributed by atoms with van der Waals surface area (Å²) >= 11 is 0. The van der Waals surface area contributed by atoms with E-state index < -0.39 is 0 Å². The molecule has 0 radical (unpaired) electrons. The summed E-state index contributed by atoms with van der Waals surface area (Å²) in [5, 5.41) is 4.07. The number of hydrogen-bond donors (Lipinski definition) is 0. The fourth-order valence-electron chi connectivity index (χ4n) is 1.55. The minimum Gasteiger partial charge on any atom is -0.468 e. The Bertz CT molecular complexity index is 396. The van der Waals surface area contributed by atoms with E-state index in [0.717, 1.165) is 18.8 Å². The number of furan rings is 1. The Morgan fingerprint density at radius 2 is 2.44 bits per heavy atom. The molecule has 86 valence electrons. The van der Waals surface area contributed by atoms with Gasteiger partial charge in [-0.3, -0.25) is 9.58 Å². The highest BCUT2D eigenvalue weighted by molar-refractivity contribution is 5.03. The molecule has 0 aromatic carbocycles. The van der Waals surface area contributed by atoms with E-state index in [0.29, 0.717) is 0 Å². The van der Waals surface area contributed by atoms with Gasteiger partial charge >= 0.3 is 0 Å². The van der Waals surface area contributed by atoms with E-state index >= 15 is 0 Å². The van der Waals surface area contributed by atoms with Crippen molar-refractivity contribution in [2.45, 2.75) is 19.5 Å². The van der Waals surface area contributed by atoms with Gasteiger partial charge in [0, 0.05) is 6.54 Å². The third-order valence-corrected chi connectivity index (χ3v) is 2.76. The van der Waals surface area contributed by atoms with Crippen LogP contribution in [0.5, 0.6) is 0 Å². The second kappa shape index (κ2) is 4.94. The van der Waals surface area contributed by atoms with Crippen molar-refractivity contribution in [1.82, 2.24) is 19.7 Å². The van der Waals surface area contributed by atoms with Crippen LogP contribution in [0.2, 0.25) is 0 Å². The molecule has 0 aliphatic rings. The first-order valence-corrected chi connectivity index (χ1v) is 5.33. The molecule has 2 aromatic rings. The Hall–Kier alpha value is -1.62. The average Bonchev–Trinajstić information content (AvgIpc) is 2.96. The van der Waals surface area contributed by atoms with Gasteiger partial charge < -0.3 is 4.42 Å². The summed E-state index contributed by atoms with van der Waals surface area (Å²) < 4.78 is 7.20. The lowest BCUT2D eigenvalue weighted by atomic mass is 10.2. The van der Waals surface area contributed by atoms with Crippen molar-refractivity contribution in [2.24, 2.45) is 0 Å². The highest BCUT2D eigenvalue weighted by Crippen LogP contribution is 2.18. The Kier molecular flexibility index (Phi) is 3.36. The van der Waals surface area contributed by atoms with Crippen LogP contribution in [0.1, 0.15) is 18.7 Å². The fraction of sp³-hybridized carbons (Fsp3) is 0.455. The van der Waals surface area contributed by atoms with Crippen molar-refractivity contribution in [2.75, 3.05) is 13.6 Å². The molecule has 0 aliphatic carbocycles. The van der Waals surface area contributed by atoms with Gasteiger partial charge in [-0.1, -0.05) is 0 Å². The first-order valence-electron chi connectivity index (χ1n) is 5.33. The SMILES string of the molecule is C[C@@H](c1ccco1)N(C)CCn1cncn1. The monoisotopic (exact) mass is 220 g/mol. The first-order chi connectivity index (χ1) is 7.77. The number of aromatic nitrogens is 3. The molecule has 2 aromatic heterocycles. The highest BCUT2D eigenvalue weighted by Gasteiger charge is 2.13. The van der Waals surface area contributed by atoms with Crippen LogP contribution in [0.15, 0.2) is 35.5 Å². The normalized spacial score (nSPS) is 13.2. The molecule has 0 N–H and O–H groups in total. The van der Waals surface area contributed by atoms with Crippen LogP contribution in [-0.2, 0) is 6.54 Å². The summed E-state index contributed by atoms with van der Waals surface area (Å²) in [7, 11) is 2.07. The summed E-state index contributed by atoms with van der Waals surface area (Å²) in [6.07, 6.45) is 4.98. The van der Waals surface area contributed by atoms with Crippen molar-refractivity contribution in [3.8, 4) is 0 Å². The van der Waals surface area contributed by atoms with Gasteiger partial charge in [0.05, 0.1) is 18.8 Å². The van der Waals surface area contributed by atoms with Crippen LogP contribution in [-0.4, -0.2) is 33.3 Å². The molecule has 1 atom stereocenters. The molecular weight excluding hydrogens is 204 g/mol. The predicted octanol–water partition coefficient (Wildman–Crippen LogP) is 1.56.